The molecule has 0 radical (unpaired) electrons. The smallest absolute Gasteiger partial charge is 0.269 e. The number of fused-ring (bicyclic) bond motifs is 5. The second kappa shape index (κ2) is 7.95. The van der Waals surface area contributed by atoms with Crippen molar-refractivity contribution in [3.05, 3.63) is 81.9 Å². The number of hydrogen-bond acceptors (Lipinski definition) is 5. The molecule has 3 amide bonds. The van der Waals surface area contributed by atoms with Gasteiger partial charge >= 0.3 is 0 Å². The van der Waals surface area contributed by atoms with Crippen molar-refractivity contribution in [1.82, 2.24) is 4.90 Å². The van der Waals surface area contributed by atoms with Crippen LogP contribution in [0.4, 0.5) is 11.4 Å². The fourth-order valence-electron chi connectivity index (χ4n) is 5.52. The topological polar surface area (TPSA) is 110 Å². The highest BCUT2D eigenvalue weighted by atomic mass is 16.6. The van der Waals surface area contributed by atoms with Crippen LogP contribution in [-0.4, -0.2) is 27.5 Å². The molecule has 2 fully saturated rings. The number of allylic oxidation sites excluding steroid dienone is 2. The molecule has 3 aliphatic rings. The van der Waals surface area contributed by atoms with Gasteiger partial charge in [0.1, 0.15) is 0 Å². The lowest BCUT2D eigenvalue weighted by Gasteiger charge is -2.28. The Balaban J connectivity index is 1.45. The molecule has 2 aliphatic carbocycles. The summed E-state index contributed by atoms with van der Waals surface area (Å²) in [6.45, 7) is 1.91. The number of nitrogens with zero attached hydrogens (tertiary/aromatic N) is 2. The van der Waals surface area contributed by atoms with Gasteiger partial charge in [-0.1, -0.05) is 36.4 Å². The normalized spacial score (nSPS) is 25.9. The average molecular weight is 445 g/mol. The molecule has 2 aromatic carbocycles. The Morgan fingerprint density at radius 2 is 1.73 bits per heavy atom. The molecule has 0 spiro atoms. The van der Waals surface area contributed by atoms with Gasteiger partial charge in [0, 0.05) is 17.8 Å². The molecule has 1 saturated carbocycles. The van der Waals surface area contributed by atoms with Gasteiger partial charge in [0.25, 0.3) is 5.69 Å². The molecule has 5 unspecified atom stereocenters. The minimum Gasteiger partial charge on any atom is -0.326 e. The summed E-state index contributed by atoms with van der Waals surface area (Å²) in [5.74, 6) is -1.51. The van der Waals surface area contributed by atoms with Crippen molar-refractivity contribution in [2.24, 2.45) is 23.7 Å². The second-order valence-electron chi connectivity index (χ2n) is 9.03. The van der Waals surface area contributed by atoms with E-state index in [0.717, 1.165) is 12.0 Å². The Hall–Kier alpha value is -3.81. The lowest BCUT2D eigenvalue weighted by Crippen LogP contribution is -2.38. The van der Waals surface area contributed by atoms with Crippen molar-refractivity contribution in [3.8, 4) is 0 Å². The minimum absolute atomic E-state index is 0.0556. The second-order valence-corrected chi connectivity index (χ2v) is 9.03. The summed E-state index contributed by atoms with van der Waals surface area (Å²) in [5, 5.41) is 13.9. The molecule has 1 saturated heterocycles. The van der Waals surface area contributed by atoms with Crippen LogP contribution in [0.25, 0.3) is 0 Å². The molecule has 168 valence electrons. The molecule has 33 heavy (non-hydrogen) atoms. The summed E-state index contributed by atoms with van der Waals surface area (Å²) in [7, 11) is 0. The Labute approximate surface area is 190 Å². The number of nitrogens with one attached hydrogen (secondary N) is 1. The maximum absolute atomic E-state index is 13.4. The lowest BCUT2D eigenvalue weighted by atomic mass is 9.85. The predicted octanol–water partition coefficient (Wildman–Crippen LogP) is 3.78. The summed E-state index contributed by atoms with van der Waals surface area (Å²) >= 11 is 0. The predicted molar refractivity (Wildman–Crippen MR) is 120 cm³/mol. The Morgan fingerprint density at radius 3 is 2.30 bits per heavy atom. The molecular formula is C25H23N3O5. The lowest BCUT2D eigenvalue weighted by molar-refractivity contribution is -0.384. The van der Waals surface area contributed by atoms with Crippen LogP contribution in [0, 0.1) is 40.7 Å². The molecule has 1 heterocycles. The molecule has 8 nitrogen and oxygen atoms in total. The number of nitro benzene ring substituents is 1. The summed E-state index contributed by atoms with van der Waals surface area (Å²) in [6.07, 6.45) is 4.72. The zero-order valence-electron chi connectivity index (χ0n) is 18.0. The van der Waals surface area contributed by atoms with Crippen molar-refractivity contribution in [2.45, 2.75) is 25.8 Å². The van der Waals surface area contributed by atoms with Gasteiger partial charge < -0.3 is 5.32 Å². The number of non-ortho nitro benzene ring substituents is 1. The number of nitro groups is 1. The van der Waals surface area contributed by atoms with Crippen LogP contribution in [0.5, 0.6) is 0 Å². The minimum atomic E-state index is -0.833. The first kappa shape index (κ1) is 21.1. The van der Waals surface area contributed by atoms with Gasteiger partial charge in [0.05, 0.1) is 29.2 Å². The first-order valence-electron chi connectivity index (χ1n) is 11.0. The van der Waals surface area contributed by atoms with Gasteiger partial charge in [0.15, 0.2) is 0 Å². The molecule has 1 aliphatic heterocycles. The molecule has 1 N–H and O–H groups in total. The standard InChI is InChI=1S/C25H23N3O5/c1-14-3-2-4-18(11-14)26-21(29)13-20(15-7-9-19(10-8-15)28(32)33)27-24(30)22-16-5-6-17(12-16)23(22)25(27)31/h2-11,16-17,20,22-23H,12-13H2,1H3,(H,26,29). The molecule has 0 aromatic heterocycles. The molecule has 5 rings (SSSR count). The molecule has 2 bridgehead atoms. The third-order valence-corrected chi connectivity index (χ3v) is 6.99. The largest absolute Gasteiger partial charge is 0.326 e. The number of benzene rings is 2. The van der Waals surface area contributed by atoms with E-state index in [1.165, 1.54) is 29.2 Å². The van der Waals surface area contributed by atoms with Crippen LogP contribution in [0.2, 0.25) is 0 Å². The van der Waals surface area contributed by atoms with Gasteiger partial charge in [0.2, 0.25) is 17.7 Å². The average Bonchev–Trinajstić information content (AvgIpc) is 3.46. The molecule has 8 heteroatoms. The number of rotatable bonds is 6. The zero-order valence-corrected chi connectivity index (χ0v) is 18.0. The third-order valence-electron chi connectivity index (χ3n) is 6.99. The SMILES string of the molecule is Cc1cccc(NC(=O)CC(c2ccc([N+](=O)[O-])cc2)N2C(=O)C3C4C=CC(C4)C3C2=O)c1. The van der Waals surface area contributed by atoms with Crippen LogP contribution in [-0.2, 0) is 14.4 Å². The van der Waals surface area contributed by atoms with Crippen molar-refractivity contribution in [2.75, 3.05) is 5.32 Å². The molecule has 5 atom stereocenters. The van der Waals surface area contributed by atoms with E-state index in [4.69, 9.17) is 0 Å². The quantitative estimate of drug-likeness (QED) is 0.315. The van der Waals surface area contributed by atoms with Gasteiger partial charge in [-0.05, 0) is 48.4 Å². The zero-order chi connectivity index (χ0) is 23.3. The van der Waals surface area contributed by atoms with Gasteiger partial charge in [-0.15, -0.1) is 0 Å². The van der Waals surface area contributed by atoms with Gasteiger partial charge in [-0.3, -0.25) is 29.4 Å². The third kappa shape index (κ3) is 3.61. The van der Waals surface area contributed by atoms with E-state index >= 15 is 0 Å². The van der Waals surface area contributed by atoms with E-state index < -0.39 is 11.0 Å². The Kier molecular flexibility index (Phi) is 5.08. The highest BCUT2D eigenvalue weighted by Gasteiger charge is 2.60. The van der Waals surface area contributed by atoms with E-state index in [9.17, 15) is 24.5 Å². The monoisotopic (exact) mass is 445 g/mol. The van der Waals surface area contributed by atoms with Gasteiger partial charge in [-0.2, -0.15) is 0 Å². The van der Waals surface area contributed by atoms with Crippen molar-refractivity contribution in [1.29, 1.82) is 0 Å². The summed E-state index contributed by atoms with van der Waals surface area (Å²) in [6, 6.07) is 12.2. The summed E-state index contributed by atoms with van der Waals surface area (Å²) < 4.78 is 0. The Morgan fingerprint density at radius 1 is 1.09 bits per heavy atom. The number of imide groups is 1. The van der Waals surface area contributed by atoms with Crippen LogP contribution < -0.4 is 5.32 Å². The van der Waals surface area contributed by atoms with Gasteiger partial charge in [-0.25, -0.2) is 0 Å². The summed E-state index contributed by atoms with van der Waals surface area (Å²) in [5.41, 5.74) is 2.03. The fraction of sp³-hybridized carbons (Fsp3) is 0.320. The number of hydrogen-bond donors (Lipinski definition) is 1. The molecule has 2 aromatic rings. The van der Waals surface area contributed by atoms with E-state index in [2.05, 4.69) is 5.32 Å². The first-order chi connectivity index (χ1) is 15.8. The number of anilines is 1. The number of likely N-dealkylation sites (tertiary alicyclic amines) is 1. The number of aryl methyl sites for hydroxylation is 1. The number of carbonyl (C=O) groups is 3. The highest BCUT2D eigenvalue weighted by Crippen LogP contribution is 2.54. The number of carbonyl (C=O) groups excluding carboxylic acids is 3. The van der Waals surface area contributed by atoms with E-state index in [-0.39, 0.29) is 53.5 Å². The van der Waals surface area contributed by atoms with Crippen LogP contribution in [0.1, 0.15) is 30.0 Å². The van der Waals surface area contributed by atoms with Crippen molar-refractivity contribution < 1.29 is 19.3 Å². The van der Waals surface area contributed by atoms with E-state index in [0.29, 0.717) is 11.3 Å². The maximum Gasteiger partial charge on any atom is 0.269 e. The molecular weight excluding hydrogens is 422 g/mol. The van der Waals surface area contributed by atoms with Crippen molar-refractivity contribution >= 4 is 29.1 Å². The maximum atomic E-state index is 13.4. The highest BCUT2D eigenvalue weighted by molar-refractivity contribution is 6.07. The van der Waals surface area contributed by atoms with E-state index in [1.54, 1.807) is 6.07 Å². The van der Waals surface area contributed by atoms with Crippen LogP contribution in [0.3, 0.4) is 0 Å². The number of amides is 3. The van der Waals surface area contributed by atoms with E-state index in [1.807, 2.05) is 37.3 Å². The Bertz CT molecular complexity index is 1160. The van der Waals surface area contributed by atoms with Crippen molar-refractivity contribution in [3.63, 3.8) is 0 Å². The van der Waals surface area contributed by atoms with Crippen LogP contribution >= 0.6 is 0 Å². The summed E-state index contributed by atoms with van der Waals surface area (Å²) in [4.78, 5) is 51.5. The van der Waals surface area contributed by atoms with Crippen LogP contribution in [0.15, 0.2) is 60.7 Å². The fourth-order valence-corrected chi connectivity index (χ4v) is 5.52. The first-order valence-corrected chi connectivity index (χ1v) is 11.0.